The van der Waals surface area contributed by atoms with E-state index < -0.39 is 12.8 Å². The first-order chi connectivity index (χ1) is 9.40. The Morgan fingerprint density at radius 2 is 1.95 bits per heavy atom. The van der Waals surface area contributed by atoms with E-state index in [2.05, 4.69) is 4.74 Å². The molecule has 2 unspecified atom stereocenters. The van der Waals surface area contributed by atoms with Gasteiger partial charge in [-0.05, 0) is 31.6 Å². The maximum Gasteiger partial charge on any atom is 0.411 e. The molecular formula is C13H22F3NO3. The van der Waals surface area contributed by atoms with Gasteiger partial charge in [0.25, 0.3) is 0 Å². The van der Waals surface area contributed by atoms with E-state index in [0.29, 0.717) is 19.8 Å². The van der Waals surface area contributed by atoms with Gasteiger partial charge in [0.15, 0.2) is 0 Å². The van der Waals surface area contributed by atoms with Gasteiger partial charge in [0.1, 0.15) is 6.61 Å². The van der Waals surface area contributed by atoms with E-state index in [-0.39, 0.29) is 24.2 Å². The highest BCUT2D eigenvalue weighted by atomic mass is 19.4. The number of hydrogen-bond acceptors (Lipinski definition) is 4. The third-order valence-electron chi connectivity index (χ3n) is 4.12. The molecule has 2 saturated heterocycles. The highest BCUT2D eigenvalue weighted by Gasteiger charge is 2.40. The fourth-order valence-electron chi connectivity index (χ4n) is 2.97. The van der Waals surface area contributed by atoms with Gasteiger partial charge in [-0.25, -0.2) is 0 Å². The highest BCUT2D eigenvalue weighted by molar-refractivity contribution is 4.91. The van der Waals surface area contributed by atoms with Gasteiger partial charge in [0, 0.05) is 25.9 Å². The van der Waals surface area contributed by atoms with Crippen molar-refractivity contribution in [1.29, 1.82) is 0 Å². The molecule has 0 bridgehead atoms. The number of nitrogens with two attached hydrogens (primary N) is 1. The molecule has 0 aromatic rings. The third kappa shape index (κ3) is 4.58. The minimum atomic E-state index is -4.29. The summed E-state index contributed by atoms with van der Waals surface area (Å²) < 4.78 is 52.0. The maximum absolute atomic E-state index is 12.0. The number of ether oxygens (including phenoxy) is 3. The Morgan fingerprint density at radius 3 is 2.60 bits per heavy atom. The Balaban J connectivity index is 1.79. The fraction of sp³-hybridized carbons (Fsp3) is 1.00. The topological polar surface area (TPSA) is 53.7 Å². The average Bonchev–Trinajstić information content (AvgIpc) is 2.38. The second kappa shape index (κ2) is 6.60. The van der Waals surface area contributed by atoms with Crippen molar-refractivity contribution in [3.63, 3.8) is 0 Å². The molecule has 2 rings (SSSR count). The van der Waals surface area contributed by atoms with Gasteiger partial charge in [-0.15, -0.1) is 0 Å². The molecule has 2 heterocycles. The first-order valence-corrected chi connectivity index (χ1v) is 7.02. The lowest BCUT2D eigenvalue weighted by Crippen LogP contribution is -2.49. The molecular weight excluding hydrogens is 275 g/mol. The third-order valence-corrected chi connectivity index (χ3v) is 4.12. The Labute approximate surface area is 116 Å². The maximum atomic E-state index is 12.0. The Morgan fingerprint density at radius 1 is 1.25 bits per heavy atom. The molecule has 0 aliphatic carbocycles. The normalized spacial score (nSPS) is 28.5. The summed E-state index contributed by atoms with van der Waals surface area (Å²) in [6, 6.07) is -0.374. The number of halogens is 3. The van der Waals surface area contributed by atoms with Crippen LogP contribution in [0.15, 0.2) is 0 Å². The van der Waals surface area contributed by atoms with Crippen LogP contribution >= 0.6 is 0 Å². The van der Waals surface area contributed by atoms with E-state index in [1.807, 2.05) is 0 Å². The van der Waals surface area contributed by atoms with Gasteiger partial charge in [0.05, 0.1) is 12.2 Å². The van der Waals surface area contributed by atoms with Crippen LogP contribution in [0, 0.1) is 5.92 Å². The molecule has 0 aromatic heterocycles. The Kier molecular flexibility index (Phi) is 5.28. The van der Waals surface area contributed by atoms with Crippen LogP contribution in [0.25, 0.3) is 0 Å². The van der Waals surface area contributed by atoms with Crippen molar-refractivity contribution < 1.29 is 27.4 Å². The first kappa shape index (κ1) is 16.0. The van der Waals surface area contributed by atoms with E-state index in [4.69, 9.17) is 15.2 Å². The molecule has 1 spiro atoms. The minimum absolute atomic E-state index is 0.0588. The quantitative estimate of drug-likeness (QED) is 0.860. The molecule has 0 saturated carbocycles. The SMILES string of the molecule is NC(COCC(F)(F)F)C1CCOC2(CCOCC2)C1. The molecule has 0 amide bonds. The predicted octanol–water partition coefficient (Wildman–Crippen LogP) is 1.87. The van der Waals surface area contributed by atoms with Crippen LogP contribution in [0.1, 0.15) is 25.7 Å². The Hall–Kier alpha value is -0.370. The van der Waals surface area contributed by atoms with Crippen LogP contribution < -0.4 is 5.73 Å². The van der Waals surface area contributed by atoms with Crippen molar-refractivity contribution in [3.05, 3.63) is 0 Å². The van der Waals surface area contributed by atoms with Crippen LogP contribution in [0.3, 0.4) is 0 Å². The van der Waals surface area contributed by atoms with Gasteiger partial charge < -0.3 is 19.9 Å². The zero-order valence-corrected chi connectivity index (χ0v) is 11.5. The molecule has 7 heteroatoms. The second-order valence-electron chi connectivity index (χ2n) is 5.69. The largest absolute Gasteiger partial charge is 0.411 e. The number of hydrogen-bond donors (Lipinski definition) is 1. The molecule has 4 nitrogen and oxygen atoms in total. The lowest BCUT2D eigenvalue weighted by atomic mass is 9.78. The fourth-order valence-corrected chi connectivity index (χ4v) is 2.97. The van der Waals surface area contributed by atoms with Crippen molar-refractivity contribution in [2.75, 3.05) is 33.0 Å². The summed E-state index contributed by atoms with van der Waals surface area (Å²) in [6.07, 6.45) is -1.07. The van der Waals surface area contributed by atoms with Crippen LogP contribution in [0.5, 0.6) is 0 Å². The molecule has 118 valence electrons. The van der Waals surface area contributed by atoms with Crippen molar-refractivity contribution >= 4 is 0 Å². The van der Waals surface area contributed by atoms with Crippen molar-refractivity contribution in [2.24, 2.45) is 11.7 Å². The number of alkyl halides is 3. The lowest BCUT2D eigenvalue weighted by Gasteiger charge is -2.44. The molecule has 2 aliphatic heterocycles. The van der Waals surface area contributed by atoms with Gasteiger partial charge in [-0.2, -0.15) is 13.2 Å². The number of rotatable bonds is 4. The molecule has 2 N–H and O–H groups in total. The summed E-state index contributed by atoms with van der Waals surface area (Å²) >= 11 is 0. The average molecular weight is 297 g/mol. The zero-order valence-electron chi connectivity index (χ0n) is 11.5. The highest BCUT2D eigenvalue weighted by Crippen LogP contribution is 2.37. The summed E-state index contributed by atoms with van der Waals surface area (Å²) in [7, 11) is 0. The smallest absolute Gasteiger partial charge is 0.381 e. The Bertz CT molecular complexity index is 300. The van der Waals surface area contributed by atoms with E-state index in [1.165, 1.54) is 0 Å². The molecule has 2 aliphatic rings. The molecule has 0 aromatic carbocycles. The second-order valence-corrected chi connectivity index (χ2v) is 5.69. The molecule has 2 fully saturated rings. The van der Waals surface area contributed by atoms with Gasteiger partial charge in [-0.1, -0.05) is 0 Å². The molecule has 20 heavy (non-hydrogen) atoms. The first-order valence-electron chi connectivity index (χ1n) is 7.02. The van der Waals surface area contributed by atoms with Crippen LogP contribution in [0.4, 0.5) is 13.2 Å². The van der Waals surface area contributed by atoms with Crippen molar-refractivity contribution in [2.45, 2.75) is 43.5 Å². The lowest BCUT2D eigenvalue weighted by molar-refractivity contribution is -0.179. The summed E-state index contributed by atoms with van der Waals surface area (Å²) in [5.41, 5.74) is 5.80. The molecule has 2 atom stereocenters. The van der Waals surface area contributed by atoms with Gasteiger partial charge in [-0.3, -0.25) is 0 Å². The van der Waals surface area contributed by atoms with Crippen molar-refractivity contribution in [1.82, 2.24) is 0 Å². The van der Waals surface area contributed by atoms with E-state index >= 15 is 0 Å². The van der Waals surface area contributed by atoms with Crippen LogP contribution in [-0.4, -0.2) is 50.9 Å². The zero-order chi connectivity index (χ0) is 14.6. The summed E-state index contributed by atoms with van der Waals surface area (Å²) in [5.74, 6) is 0.148. The minimum Gasteiger partial charge on any atom is -0.381 e. The summed E-state index contributed by atoms with van der Waals surface area (Å²) in [4.78, 5) is 0. The van der Waals surface area contributed by atoms with E-state index in [0.717, 1.165) is 25.7 Å². The standard InChI is InChI=1S/C13H22F3NO3/c14-13(15,16)9-19-8-11(17)10-1-4-20-12(7-10)2-5-18-6-3-12/h10-11H,1-9,17H2. The van der Waals surface area contributed by atoms with E-state index in [9.17, 15) is 13.2 Å². The van der Waals surface area contributed by atoms with Crippen molar-refractivity contribution in [3.8, 4) is 0 Å². The van der Waals surface area contributed by atoms with Crippen LogP contribution in [-0.2, 0) is 14.2 Å². The van der Waals surface area contributed by atoms with Gasteiger partial charge in [0.2, 0.25) is 0 Å². The molecule has 0 radical (unpaired) electrons. The summed E-state index contributed by atoms with van der Waals surface area (Å²) in [5, 5.41) is 0. The predicted molar refractivity (Wildman–Crippen MR) is 66.3 cm³/mol. The van der Waals surface area contributed by atoms with Gasteiger partial charge >= 0.3 is 6.18 Å². The summed E-state index contributed by atoms with van der Waals surface area (Å²) in [6.45, 7) is 0.663. The van der Waals surface area contributed by atoms with E-state index in [1.54, 1.807) is 0 Å². The monoisotopic (exact) mass is 297 g/mol. The van der Waals surface area contributed by atoms with Crippen LogP contribution in [0.2, 0.25) is 0 Å².